The van der Waals surface area contributed by atoms with E-state index in [4.69, 9.17) is 10.2 Å². The monoisotopic (exact) mass is 226 g/mol. The zero-order chi connectivity index (χ0) is 10.7. The fourth-order valence-electron chi connectivity index (χ4n) is 1.85. The lowest BCUT2D eigenvalue weighted by molar-refractivity contribution is 0.280. The summed E-state index contributed by atoms with van der Waals surface area (Å²) in [5, 5.41) is 0. The SMILES string of the molecule is CCN1Cc2cc(CSCCN)oc2C1. The molecule has 2 heterocycles. The van der Waals surface area contributed by atoms with E-state index in [-0.39, 0.29) is 0 Å². The van der Waals surface area contributed by atoms with Crippen LogP contribution in [0, 0.1) is 0 Å². The second-order valence-electron chi connectivity index (χ2n) is 3.81. The van der Waals surface area contributed by atoms with Crippen molar-refractivity contribution in [3.63, 3.8) is 0 Å². The van der Waals surface area contributed by atoms with Crippen molar-refractivity contribution in [1.82, 2.24) is 4.90 Å². The molecule has 1 aliphatic heterocycles. The van der Waals surface area contributed by atoms with Gasteiger partial charge in [-0.05, 0) is 12.6 Å². The van der Waals surface area contributed by atoms with E-state index in [1.54, 1.807) is 0 Å². The Bertz CT molecular complexity index is 301. The minimum absolute atomic E-state index is 0.745. The van der Waals surface area contributed by atoms with Gasteiger partial charge in [-0.15, -0.1) is 0 Å². The maximum atomic E-state index is 5.80. The summed E-state index contributed by atoms with van der Waals surface area (Å²) in [4.78, 5) is 2.38. The van der Waals surface area contributed by atoms with Crippen molar-refractivity contribution in [2.45, 2.75) is 25.8 Å². The number of hydrogen-bond acceptors (Lipinski definition) is 4. The van der Waals surface area contributed by atoms with E-state index < -0.39 is 0 Å². The summed E-state index contributed by atoms with van der Waals surface area (Å²) >= 11 is 1.84. The predicted octanol–water partition coefficient (Wildman–Crippen LogP) is 1.81. The van der Waals surface area contributed by atoms with E-state index in [1.807, 2.05) is 11.8 Å². The summed E-state index contributed by atoms with van der Waals surface area (Å²) < 4.78 is 5.80. The molecule has 4 heteroatoms. The lowest BCUT2D eigenvalue weighted by Crippen LogP contribution is -2.15. The van der Waals surface area contributed by atoms with E-state index in [1.165, 1.54) is 11.3 Å². The third-order valence-electron chi connectivity index (χ3n) is 2.66. The molecule has 0 aliphatic carbocycles. The Morgan fingerprint density at radius 2 is 2.40 bits per heavy atom. The second-order valence-corrected chi connectivity index (χ2v) is 4.91. The Morgan fingerprint density at radius 1 is 1.53 bits per heavy atom. The molecule has 1 aromatic rings. The van der Waals surface area contributed by atoms with Crippen molar-refractivity contribution in [2.75, 3.05) is 18.8 Å². The third kappa shape index (κ3) is 2.56. The van der Waals surface area contributed by atoms with Gasteiger partial charge in [0.2, 0.25) is 0 Å². The molecule has 0 amide bonds. The van der Waals surface area contributed by atoms with Crippen molar-refractivity contribution in [2.24, 2.45) is 5.73 Å². The summed E-state index contributed by atoms with van der Waals surface area (Å²) in [6.45, 7) is 6.06. The van der Waals surface area contributed by atoms with Gasteiger partial charge in [0.05, 0.1) is 12.3 Å². The summed E-state index contributed by atoms with van der Waals surface area (Å²) in [5.74, 6) is 4.23. The number of thioether (sulfide) groups is 1. The highest BCUT2D eigenvalue weighted by molar-refractivity contribution is 7.98. The van der Waals surface area contributed by atoms with Crippen LogP contribution in [-0.4, -0.2) is 23.7 Å². The quantitative estimate of drug-likeness (QED) is 0.778. The molecule has 0 spiro atoms. The molecule has 0 saturated carbocycles. The van der Waals surface area contributed by atoms with E-state index >= 15 is 0 Å². The second kappa shape index (κ2) is 5.05. The molecule has 0 unspecified atom stereocenters. The summed E-state index contributed by atoms with van der Waals surface area (Å²) in [7, 11) is 0. The molecule has 3 nitrogen and oxygen atoms in total. The first-order chi connectivity index (χ1) is 7.33. The molecule has 1 aromatic heterocycles. The van der Waals surface area contributed by atoms with Crippen LogP contribution < -0.4 is 5.73 Å². The highest BCUT2D eigenvalue weighted by atomic mass is 32.2. The number of furan rings is 1. The third-order valence-corrected chi connectivity index (χ3v) is 3.68. The van der Waals surface area contributed by atoms with Crippen LogP contribution in [0.1, 0.15) is 24.0 Å². The molecular formula is C11H18N2OS. The Kier molecular flexibility index (Phi) is 3.72. The Morgan fingerprint density at radius 3 is 3.07 bits per heavy atom. The topological polar surface area (TPSA) is 42.4 Å². The molecular weight excluding hydrogens is 208 g/mol. The smallest absolute Gasteiger partial charge is 0.122 e. The fraction of sp³-hybridized carbons (Fsp3) is 0.636. The lowest BCUT2D eigenvalue weighted by atomic mass is 10.3. The van der Waals surface area contributed by atoms with Crippen LogP contribution in [-0.2, 0) is 18.8 Å². The molecule has 0 fully saturated rings. The lowest BCUT2D eigenvalue weighted by Gasteiger charge is -2.09. The molecule has 0 saturated heterocycles. The van der Waals surface area contributed by atoms with E-state index in [9.17, 15) is 0 Å². The molecule has 2 N–H and O–H groups in total. The van der Waals surface area contributed by atoms with Gasteiger partial charge in [0.15, 0.2) is 0 Å². The Balaban J connectivity index is 1.90. The number of nitrogens with two attached hydrogens (primary N) is 1. The molecule has 0 bridgehead atoms. The van der Waals surface area contributed by atoms with Gasteiger partial charge >= 0.3 is 0 Å². The van der Waals surface area contributed by atoms with E-state index in [2.05, 4.69) is 17.9 Å². The van der Waals surface area contributed by atoms with Crippen LogP contribution in [0.3, 0.4) is 0 Å². The summed E-state index contributed by atoms with van der Waals surface area (Å²) in [6, 6.07) is 2.20. The maximum absolute atomic E-state index is 5.80. The van der Waals surface area contributed by atoms with Gasteiger partial charge < -0.3 is 10.2 Å². The molecule has 0 atom stereocenters. The average molecular weight is 226 g/mol. The highest BCUT2D eigenvalue weighted by Gasteiger charge is 2.21. The van der Waals surface area contributed by atoms with Crippen molar-refractivity contribution < 1.29 is 4.42 Å². The van der Waals surface area contributed by atoms with Gasteiger partial charge in [-0.2, -0.15) is 11.8 Å². The standard InChI is InChI=1S/C11H18N2OS/c1-2-13-6-9-5-10(8-15-4-3-12)14-11(9)7-13/h5H,2-4,6-8,12H2,1H3. The molecule has 0 aromatic carbocycles. The van der Waals surface area contributed by atoms with Crippen molar-refractivity contribution in [3.8, 4) is 0 Å². The van der Waals surface area contributed by atoms with Crippen LogP contribution in [0.25, 0.3) is 0 Å². The molecule has 2 rings (SSSR count). The molecule has 0 radical (unpaired) electrons. The van der Waals surface area contributed by atoms with Crippen LogP contribution in [0.4, 0.5) is 0 Å². The molecule has 15 heavy (non-hydrogen) atoms. The number of hydrogen-bond donors (Lipinski definition) is 1. The van der Waals surface area contributed by atoms with Crippen molar-refractivity contribution >= 4 is 11.8 Å². The normalized spacial score (nSPS) is 15.9. The van der Waals surface area contributed by atoms with Crippen LogP contribution in [0.15, 0.2) is 10.5 Å². The summed E-state index contributed by atoms with van der Waals surface area (Å²) in [6.07, 6.45) is 0. The number of fused-ring (bicyclic) bond motifs is 1. The van der Waals surface area contributed by atoms with Gasteiger partial charge in [0.1, 0.15) is 11.5 Å². The zero-order valence-corrected chi connectivity index (χ0v) is 9.98. The van der Waals surface area contributed by atoms with E-state index in [0.717, 1.165) is 43.4 Å². The first kappa shape index (κ1) is 11.0. The van der Waals surface area contributed by atoms with Gasteiger partial charge in [-0.1, -0.05) is 6.92 Å². The number of rotatable bonds is 5. The Labute approximate surface area is 95.0 Å². The Hall–Kier alpha value is -0.450. The minimum atomic E-state index is 0.745. The fourth-order valence-corrected chi connectivity index (χ4v) is 2.50. The predicted molar refractivity (Wildman–Crippen MR) is 63.7 cm³/mol. The highest BCUT2D eigenvalue weighted by Crippen LogP contribution is 2.27. The average Bonchev–Trinajstić information content (AvgIpc) is 2.75. The van der Waals surface area contributed by atoms with Gasteiger partial charge in [-0.25, -0.2) is 0 Å². The van der Waals surface area contributed by atoms with E-state index in [0.29, 0.717) is 0 Å². The maximum Gasteiger partial charge on any atom is 0.122 e. The first-order valence-electron chi connectivity index (χ1n) is 5.44. The minimum Gasteiger partial charge on any atom is -0.463 e. The summed E-state index contributed by atoms with van der Waals surface area (Å²) in [5.41, 5.74) is 6.82. The first-order valence-corrected chi connectivity index (χ1v) is 6.59. The van der Waals surface area contributed by atoms with Crippen molar-refractivity contribution in [3.05, 3.63) is 23.2 Å². The molecule has 1 aliphatic rings. The van der Waals surface area contributed by atoms with Gasteiger partial charge in [-0.3, -0.25) is 4.90 Å². The van der Waals surface area contributed by atoms with Crippen LogP contribution in [0.2, 0.25) is 0 Å². The number of nitrogens with zero attached hydrogens (tertiary/aromatic N) is 1. The van der Waals surface area contributed by atoms with Crippen LogP contribution in [0.5, 0.6) is 0 Å². The molecule has 84 valence electrons. The van der Waals surface area contributed by atoms with Crippen molar-refractivity contribution in [1.29, 1.82) is 0 Å². The van der Waals surface area contributed by atoms with Gasteiger partial charge in [0.25, 0.3) is 0 Å². The zero-order valence-electron chi connectivity index (χ0n) is 9.16. The van der Waals surface area contributed by atoms with Crippen LogP contribution >= 0.6 is 11.8 Å². The van der Waals surface area contributed by atoms with Gasteiger partial charge in [0, 0.05) is 24.4 Å². The largest absolute Gasteiger partial charge is 0.463 e.